The van der Waals surface area contributed by atoms with Crippen LogP contribution in [0.3, 0.4) is 0 Å². The van der Waals surface area contributed by atoms with E-state index in [1.807, 2.05) is 38.1 Å². The van der Waals surface area contributed by atoms with E-state index in [1.54, 1.807) is 23.1 Å². The van der Waals surface area contributed by atoms with Crippen LogP contribution in [-0.2, 0) is 11.4 Å². The van der Waals surface area contributed by atoms with Crippen LogP contribution in [-0.4, -0.2) is 5.78 Å². The summed E-state index contributed by atoms with van der Waals surface area (Å²) in [5.41, 5.74) is 12.7. The maximum absolute atomic E-state index is 14.0. The Labute approximate surface area is 259 Å². The Morgan fingerprint density at radius 1 is 1.10 bits per heavy atom. The molecular formula is C33H30BrCl2N3O2. The van der Waals surface area contributed by atoms with Gasteiger partial charge in [-0.15, -0.1) is 0 Å². The van der Waals surface area contributed by atoms with E-state index in [1.165, 1.54) is 0 Å². The Morgan fingerprint density at radius 2 is 1.78 bits per heavy atom. The first kappa shape index (κ1) is 29.3. The Kier molecular flexibility index (Phi) is 8.00. The SMILES string of the molecule is Cc1cc(COc2ccccc2Br)c(C)c(C2C(C#N)=C(N)N(c3cc(Cl)cc(Cl)c3)C3=C2C(=O)CC(C)(C)C3)c1. The molecule has 1 aliphatic carbocycles. The van der Waals surface area contributed by atoms with E-state index in [4.69, 9.17) is 33.7 Å². The smallest absolute Gasteiger partial charge is 0.162 e. The van der Waals surface area contributed by atoms with Gasteiger partial charge in [-0.05, 0) is 88.6 Å². The number of hydrogen-bond acceptors (Lipinski definition) is 5. The van der Waals surface area contributed by atoms with Crippen molar-refractivity contribution < 1.29 is 9.53 Å². The Morgan fingerprint density at radius 3 is 2.44 bits per heavy atom. The molecule has 0 saturated carbocycles. The molecule has 5 nitrogen and oxygen atoms in total. The van der Waals surface area contributed by atoms with Crippen molar-refractivity contribution >= 4 is 50.6 Å². The minimum absolute atomic E-state index is 0.00606. The summed E-state index contributed by atoms with van der Waals surface area (Å²) in [5, 5.41) is 11.4. The van der Waals surface area contributed by atoms with Gasteiger partial charge in [0.15, 0.2) is 5.78 Å². The number of anilines is 1. The third-order valence-electron chi connectivity index (χ3n) is 7.72. The Bertz CT molecular complexity index is 1670. The van der Waals surface area contributed by atoms with Gasteiger partial charge in [0.2, 0.25) is 0 Å². The lowest BCUT2D eigenvalue weighted by Gasteiger charge is -2.44. The molecule has 210 valence electrons. The summed E-state index contributed by atoms with van der Waals surface area (Å²) < 4.78 is 7.03. The van der Waals surface area contributed by atoms with Crippen LogP contribution in [0.1, 0.15) is 54.9 Å². The molecule has 1 aliphatic heterocycles. The van der Waals surface area contributed by atoms with Crippen LogP contribution >= 0.6 is 39.1 Å². The number of nitriles is 1. The molecule has 3 aromatic rings. The molecule has 0 amide bonds. The van der Waals surface area contributed by atoms with Gasteiger partial charge in [-0.1, -0.05) is 66.9 Å². The molecule has 41 heavy (non-hydrogen) atoms. The zero-order chi connectivity index (χ0) is 29.6. The lowest BCUT2D eigenvalue weighted by molar-refractivity contribution is -0.118. The molecule has 0 spiro atoms. The molecule has 8 heteroatoms. The van der Waals surface area contributed by atoms with Crippen LogP contribution in [0.25, 0.3) is 0 Å². The fourth-order valence-corrected chi connectivity index (χ4v) is 6.83. The summed E-state index contributed by atoms with van der Waals surface area (Å²) in [6, 6.07) is 19.3. The van der Waals surface area contributed by atoms with Gasteiger partial charge < -0.3 is 10.5 Å². The largest absolute Gasteiger partial charge is 0.488 e. The molecule has 5 rings (SSSR count). The second-order valence-corrected chi connectivity index (χ2v) is 13.2. The number of halogens is 3. The summed E-state index contributed by atoms with van der Waals surface area (Å²) in [4.78, 5) is 15.8. The third kappa shape index (κ3) is 5.64. The van der Waals surface area contributed by atoms with E-state index in [0.29, 0.717) is 46.3 Å². The molecule has 2 aliphatic rings. The van der Waals surface area contributed by atoms with Crippen molar-refractivity contribution in [3.05, 3.63) is 114 Å². The first-order valence-electron chi connectivity index (χ1n) is 13.3. The van der Waals surface area contributed by atoms with Crippen LogP contribution in [0.5, 0.6) is 5.75 Å². The molecule has 0 fully saturated rings. The van der Waals surface area contributed by atoms with E-state index in [-0.39, 0.29) is 17.0 Å². The lowest BCUT2D eigenvalue weighted by atomic mass is 9.68. The topological polar surface area (TPSA) is 79.3 Å². The van der Waals surface area contributed by atoms with Gasteiger partial charge in [0.25, 0.3) is 0 Å². The number of nitrogens with zero attached hydrogens (tertiary/aromatic N) is 2. The predicted molar refractivity (Wildman–Crippen MR) is 168 cm³/mol. The van der Waals surface area contributed by atoms with Crippen LogP contribution in [0.4, 0.5) is 5.69 Å². The molecule has 0 bridgehead atoms. The highest BCUT2D eigenvalue weighted by atomic mass is 79.9. The molecule has 2 N–H and O–H groups in total. The van der Waals surface area contributed by atoms with Crippen molar-refractivity contribution in [2.45, 2.75) is 53.1 Å². The first-order chi connectivity index (χ1) is 19.4. The van der Waals surface area contributed by atoms with Crippen LogP contribution in [0.15, 0.2) is 81.7 Å². The number of benzene rings is 3. The Hall–Kier alpha value is -3.24. The van der Waals surface area contributed by atoms with Crippen molar-refractivity contribution in [2.75, 3.05) is 4.90 Å². The van der Waals surface area contributed by atoms with E-state index >= 15 is 0 Å². The quantitative estimate of drug-likeness (QED) is 0.298. The van der Waals surface area contributed by atoms with E-state index in [9.17, 15) is 10.1 Å². The van der Waals surface area contributed by atoms with Gasteiger partial charge in [0.1, 0.15) is 18.2 Å². The van der Waals surface area contributed by atoms with Gasteiger partial charge in [-0.3, -0.25) is 9.69 Å². The highest BCUT2D eigenvalue weighted by Crippen LogP contribution is 2.51. The summed E-state index contributed by atoms with van der Waals surface area (Å²) in [5.74, 6) is 0.408. The zero-order valence-electron chi connectivity index (χ0n) is 23.3. The van der Waals surface area contributed by atoms with Gasteiger partial charge in [0, 0.05) is 27.7 Å². The number of rotatable bonds is 5. The number of carbonyl (C=O) groups excluding carboxylic acids is 1. The fraction of sp³-hybridized carbons (Fsp3) is 0.273. The van der Waals surface area contributed by atoms with E-state index in [2.05, 4.69) is 48.0 Å². The number of para-hydroxylation sites is 1. The average molecular weight is 651 g/mol. The molecule has 1 heterocycles. The summed E-state index contributed by atoms with van der Waals surface area (Å²) in [6.07, 6.45) is 0.963. The summed E-state index contributed by atoms with van der Waals surface area (Å²) in [6.45, 7) is 8.49. The highest BCUT2D eigenvalue weighted by molar-refractivity contribution is 9.10. The van der Waals surface area contributed by atoms with Crippen molar-refractivity contribution in [3.63, 3.8) is 0 Å². The Balaban J connectivity index is 1.69. The summed E-state index contributed by atoms with van der Waals surface area (Å²) in [7, 11) is 0. The number of nitrogens with two attached hydrogens (primary N) is 1. The maximum Gasteiger partial charge on any atom is 0.162 e. The van der Waals surface area contributed by atoms with Crippen molar-refractivity contribution in [1.82, 2.24) is 0 Å². The van der Waals surface area contributed by atoms with Gasteiger partial charge in [-0.2, -0.15) is 5.26 Å². The van der Waals surface area contributed by atoms with Gasteiger partial charge >= 0.3 is 0 Å². The van der Waals surface area contributed by atoms with Gasteiger partial charge in [-0.25, -0.2) is 0 Å². The second-order valence-electron chi connectivity index (χ2n) is 11.5. The third-order valence-corrected chi connectivity index (χ3v) is 8.81. The molecule has 0 radical (unpaired) electrons. The normalized spacial score (nSPS) is 18.3. The number of carbonyl (C=O) groups is 1. The van der Waals surface area contributed by atoms with E-state index in [0.717, 1.165) is 38.2 Å². The first-order valence-corrected chi connectivity index (χ1v) is 14.8. The fourth-order valence-electron chi connectivity index (χ4n) is 5.91. The molecule has 0 saturated heterocycles. The zero-order valence-corrected chi connectivity index (χ0v) is 26.4. The molecule has 1 unspecified atom stereocenters. The number of hydrogen-bond donors (Lipinski definition) is 1. The highest BCUT2D eigenvalue weighted by Gasteiger charge is 2.45. The monoisotopic (exact) mass is 649 g/mol. The predicted octanol–water partition coefficient (Wildman–Crippen LogP) is 8.89. The minimum atomic E-state index is -0.605. The van der Waals surface area contributed by atoms with E-state index < -0.39 is 5.92 Å². The summed E-state index contributed by atoms with van der Waals surface area (Å²) >= 11 is 16.3. The van der Waals surface area contributed by atoms with Crippen LogP contribution in [0, 0.1) is 30.6 Å². The van der Waals surface area contributed by atoms with Crippen LogP contribution in [0.2, 0.25) is 10.0 Å². The molecule has 3 aromatic carbocycles. The second kappa shape index (κ2) is 11.2. The molecular weight excluding hydrogens is 621 g/mol. The number of ether oxygens (including phenoxy) is 1. The lowest BCUT2D eigenvalue weighted by Crippen LogP contribution is -2.42. The van der Waals surface area contributed by atoms with Crippen molar-refractivity contribution in [2.24, 2.45) is 11.1 Å². The molecule has 0 aromatic heterocycles. The number of Topliss-reactive ketones (excluding diaryl/α,β-unsaturated/α-hetero) is 1. The number of allylic oxidation sites excluding steroid dienone is 3. The number of ketones is 1. The minimum Gasteiger partial charge on any atom is -0.488 e. The average Bonchev–Trinajstić information content (AvgIpc) is 2.88. The van der Waals surface area contributed by atoms with Crippen molar-refractivity contribution in [3.8, 4) is 11.8 Å². The molecule has 1 atom stereocenters. The standard InChI is InChI=1S/C33H30BrCl2N3O2/c1-18-9-20(17-41-29-8-6-5-7-26(29)34)19(2)24(10-18)30-25(16-37)32(38)39(23-12-21(35)11-22(36)13-23)27-14-33(3,4)15-28(40)31(27)30/h5-13,30H,14-15,17,38H2,1-4H3. The van der Waals surface area contributed by atoms with Crippen LogP contribution < -0.4 is 15.4 Å². The maximum atomic E-state index is 14.0. The van der Waals surface area contributed by atoms with Gasteiger partial charge in [0.05, 0.1) is 27.7 Å². The van der Waals surface area contributed by atoms with Crippen molar-refractivity contribution in [1.29, 1.82) is 5.26 Å². The number of aryl methyl sites for hydroxylation is 1.